The largest absolute Gasteiger partial charge is 0.223 e. The number of halogens is 4. The molecule has 0 heterocycles. The molecule has 0 fully saturated rings. The SMILES string of the molecule is CCCC=CCS(=O)(=O)c1c(F)c(F)c(SOOO)c(F)c1F. The van der Waals surface area contributed by atoms with Gasteiger partial charge in [-0.05, 0) is 6.42 Å². The number of rotatable bonds is 8. The molecule has 0 amide bonds. The van der Waals surface area contributed by atoms with E-state index in [1.165, 1.54) is 6.08 Å². The number of sulfone groups is 1. The predicted molar refractivity (Wildman–Crippen MR) is 73.0 cm³/mol. The van der Waals surface area contributed by atoms with Gasteiger partial charge in [0.2, 0.25) is 0 Å². The fourth-order valence-electron chi connectivity index (χ4n) is 1.55. The Kier molecular flexibility index (Phi) is 7.48. The van der Waals surface area contributed by atoms with Crippen molar-refractivity contribution in [3.8, 4) is 0 Å². The maximum Gasteiger partial charge on any atom is 0.187 e. The zero-order valence-electron chi connectivity index (χ0n) is 11.7. The Labute approximate surface area is 133 Å². The van der Waals surface area contributed by atoms with E-state index in [9.17, 15) is 26.0 Å². The normalized spacial score (nSPS) is 12.3. The van der Waals surface area contributed by atoms with Crippen LogP contribution in [0, 0.1) is 23.3 Å². The predicted octanol–water partition coefficient (Wildman–Crippen LogP) is 3.80. The van der Waals surface area contributed by atoms with E-state index in [0.29, 0.717) is 6.42 Å². The molecule has 0 saturated heterocycles. The van der Waals surface area contributed by atoms with Gasteiger partial charge in [-0.2, -0.15) is 0 Å². The third-order valence-corrected chi connectivity index (χ3v) is 4.84. The molecule has 0 radical (unpaired) electrons. The second-order valence-corrected chi connectivity index (χ2v) is 6.86. The van der Waals surface area contributed by atoms with E-state index in [1.54, 1.807) is 0 Å². The van der Waals surface area contributed by atoms with Gasteiger partial charge in [-0.15, -0.1) is 4.33 Å². The van der Waals surface area contributed by atoms with Gasteiger partial charge in [-0.3, -0.25) is 0 Å². The lowest BCUT2D eigenvalue weighted by Crippen LogP contribution is -2.14. The van der Waals surface area contributed by atoms with Gasteiger partial charge in [0.05, 0.1) is 17.8 Å². The Balaban J connectivity index is 3.32. The van der Waals surface area contributed by atoms with E-state index < -0.39 is 48.6 Å². The summed E-state index contributed by atoms with van der Waals surface area (Å²) in [7, 11) is -4.63. The van der Waals surface area contributed by atoms with E-state index in [0.717, 1.165) is 12.5 Å². The summed E-state index contributed by atoms with van der Waals surface area (Å²) in [5.74, 6) is -8.96. The van der Waals surface area contributed by atoms with Crippen LogP contribution >= 0.6 is 12.0 Å². The Morgan fingerprint density at radius 3 is 2.13 bits per heavy atom. The number of hydrogen-bond acceptors (Lipinski definition) is 6. The van der Waals surface area contributed by atoms with Crippen LogP contribution < -0.4 is 0 Å². The van der Waals surface area contributed by atoms with Crippen molar-refractivity contribution in [1.29, 1.82) is 0 Å². The molecule has 0 saturated carbocycles. The van der Waals surface area contributed by atoms with Crippen molar-refractivity contribution in [1.82, 2.24) is 0 Å². The lowest BCUT2D eigenvalue weighted by Gasteiger charge is -2.10. The summed E-state index contributed by atoms with van der Waals surface area (Å²) in [4.78, 5) is -3.04. The summed E-state index contributed by atoms with van der Waals surface area (Å²) in [5.41, 5.74) is 0. The number of allylic oxidation sites excluding steroid dienone is 1. The van der Waals surface area contributed by atoms with Crippen LogP contribution in [0.3, 0.4) is 0 Å². The first kappa shape index (κ1) is 19.9. The molecule has 0 aliphatic rings. The number of hydrogen-bond donors (Lipinski definition) is 1. The first-order valence-electron chi connectivity index (χ1n) is 6.16. The highest BCUT2D eigenvalue weighted by molar-refractivity contribution is 7.94. The molecule has 1 aromatic carbocycles. The first-order valence-corrected chi connectivity index (χ1v) is 8.55. The number of unbranched alkanes of at least 4 members (excludes halogenated alkanes) is 1. The van der Waals surface area contributed by atoms with Gasteiger partial charge in [0.25, 0.3) is 0 Å². The Hall–Kier alpha value is -1.14. The Morgan fingerprint density at radius 1 is 1.09 bits per heavy atom. The minimum Gasteiger partial charge on any atom is -0.223 e. The average molecular weight is 376 g/mol. The topological polar surface area (TPSA) is 72.8 Å². The standard InChI is InChI=1S/C12H12F4O5S2/c1-2-3-4-5-6-23(18,19)12-9(15)7(13)11(22-21-20-17)8(14)10(12)16/h4-5,17H,2-3,6H2,1H3. The van der Waals surface area contributed by atoms with E-state index in [4.69, 9.17) is 5.26 Å². The molecule has 5 nitrogen and oxygen atoms in total. The third-order valence-electron chi connectivity index (χ3n) is 2.58. The summed E-state index contributed by atoms with van der Waals surface area (Å²) < 4.78 is 82.6. The second-order valence-electron chi connectivity index (χ2n) is 4.18. The monoisotopic (exact) mass is 376 g/mol. The van der Waals surface area contributed by atoms with Crippen LogP contribution in [-0.2, 0) is 19.2 Å². The fourth-order valence-corrected chi connectivity index (χ4v) is 3.25. The molecule has 0 spiro atoms. The number of benzene rings is 1. The van der Waals surface area contributed by atoms with Gasteiger partial charge in [0, 0.05) is 0 Å². The van der Waals surface area contributed by atoms with E-state index in [1.807, 2.05) is 6.92 Å². The van der Waals surface area contributed by atoms with Crippen LogP contribution in [-0.4, -0.2) is 19.4 Å². The maximum atomic E-state index is 13.8. The van der Waals surface area contributed by atoms with Gasteiger partial charge in [0.1, 0.15) is 9.79 Å². The molecule has 130 valence electrons. The summed E-state index contributed by atoms with van der Waals surface area (Å²) in [6.45, 7) is 1.83. The van der Waals surface area contributed by atoms with Crippen molar-refractivity contribution < 1.29 is 40.6 Å². The molecule has 1 aromatic rings. The molecule has 11 heteroatoms. The van der Waals surface area contributed by atoms with Crippen LogP contribution in [0.5, 0.6) is 0 Å². The zero-order valence-corrected chi connectivity index (χ0v) is 13.3. The average Bonchev–Trinajstić information content (AvgIpc) is 2.50. The zero-order chi connectivity index (χ0) is 17.6. The molecule has 0 aromatic heterocycles. The molecule has 0 aliphatic carbocycles. The fraction of sp³-hybridized carbons (Fsp3) is 0.333. The Morgan fingerprint density at radius 2 is 1.65 bits per heavy atom. The van der Waals surface area contributed by atoms with Crippen molar-refractivity contribution in [2.75, 3.05) is 5.75 Å². The van der Waals surface area contributed by atoms with E-state index in [2.05, 4.69) is 9.37 Å². The van der Waals surface area contributed by atoms with E-state index in [-0.39, 0.29) is 12.0 Å². The minimum atomic E-state index is -4.63. The third kappa shape index (κ3) is 4.67. The highest BCUT2D eigenvalue weighted by Crippen LogP contribution is 2.34. The van der Waals surface area contributed by atoms with Crippen LogP contribution in [0.25, 0.3) is 0 Å². The van der Waals surface area contributed by atoms with Crippen molar-refractivity contribution >= 4 is 21.9 Å². The molecule has 0 unspecified atom stereocenters. The van der Waals surface area contributed by atoms with Crippen molar-refractivity contribution in [2.45, 2.75) is 29.6 Å². The summed E-state index contributed by atoms with van der Waals surface area (Å²) in [6, 6.07) is 0. The molecule has 1 N–H and O–H groups in total. The molecular formula is C12H12F4O5S2. The van der Waals surface area contributed by atoms with Crippen LogP contribution in [0.4, 0.5) is 17.6 Å². The Bertz CT molecular complexity index is 662. The van der Waals surface area contributed by atoms with Crippen molar-refractivity contribution in [2.24, 2.45) is 0 Å². The molecule has 0 atom stereocenters. The van der Waals surface area contributed by atoms with Gasteiger partial charge in [0.15, 0.2) is 33.1 Å². The van der Waals surface area contributed by atoms with Gasteiger partial charge >= 0.3 is 0 Å². The summed E-state index contributed by atoms with van der Waals surface area (Å²) >= 11 is -0.365. The van der Waals surface area contributed by atoms with Gasteiger partial charge in [-0.1, -0.05) is 30.5 Å². The minimum absolute atomic E-state index is 0.365. The highest BCUT2D eigenvalue weighted by Gasteiger charge is 2.33. The van der Waals surface area contributed by atoms with Gasteiger partial charge < -0.3 is 0 Å². The highest BCUT2D eigenvalue weighted by atomic mass is 32.2. The summed E-state index contributed by atoms with van der Waals surface area (Å²) in [5, 5.41) is 11.0. The lowest BCUT2D eigenvalue weighted by atomic mass is 10.3. The first-order chi connectivity index (χ1) is 10.8. The van der Waals surface area contributed by atoms with Crippen LogP contribution in [0.2, 0.25) is 0 Å². The van der Waals surface area contributed by atoms with Crippen LogP contribution in [0.15, 0.2) is 21.9 Å². The second kappa shape index (κ2) is 8.64. The molecule has 0 aliphatic heterocycles. The van der Waals surface area contributed by atoms with Gasteiger partial charge in [-0.25, -0.2) is 31.2 Å². The maximum absolute atomic E-state index is 13.8. The summed E-state index contributed by atoms with van der Waals surface area (Å²) in [6.07, 6.45) is 3.87. The van der Waals surface area contributed by atoms with Crippen molar-refractivity contribution in [3.63, 3.8) is 0 Å². The van der Waals surface area contributed by atoms with Crippen molar-refractivity contribution in [3.05, 3.63) is 35.4 Å². The van der Waals surface area contributed by atoms with E-state index >= 15 is 0 Å². The molecule has 23 heavy (non-hydrogen) atoms. The molecule has 0 bridgehead atoms. The van der Waals surface area contributed by atoms with Crippen LogP contribution in [0.1, 0.15) is 19.8 Å². The quantitative estimate of drug-likeness (QED) is 0.186. The lowest BCUT2D eigenvalue weighted by molar-refractivity contribution is -0.432. The smallest absolute Gasteiger partial charge is 0.187 e. The molecule has 1 rings (SSSR count). The molecular weight excluding hydrogens is 364 g/mol.